The third kappa shape index (κ3) is 4.53. The van der Waals surface area contributed by atoms with Crippen molar-refractivity contribution in [2.24, 2.45) is 0 Å². The molecule has 0 saturated carbocycles. The van der Waals surface area contributed by atoms with E-state index >= 15 is 0 Å². The van der Waals surface area contributed by atoms with Gasteiger partial charge in [0.05, 0.1) is 13.2 Å². The molecule has 0 radical (unpaired) electrons. The molecule has 132 valence electrons. The molecule has 1 aliphatic carbocycles. The summed E-state index contributed by atoms with van der Waals surface area (Å²) in [6.07, 6.45) is 4.75. The first-order valence-electron chi connectivity index (χ1n) is 8.83. The maximum Gasteiger partial charge on any atom is 0.258 e. The topological polar surface area (TPSA) is 47.6 Å². The number of nitrogens with one attached hydrogen (secondary N) is 1. The van der Waals surface area contributed by atoms with Gasteiger partial charge in [0.2, 0.25) is 0 Å². The van der Waals surface area contributed by atoms with E-state index in [-0.39, 0.29) is 18.6 Å². The molecule has 1 atom stereocenters. The van der Waals surface area contributed by atoms with Gasteiger partial charge in [-0.2, -0.15) is 0 Å². The highest BCUT2D eigenvalue weighted by Crippen LogP contribution is 2.25. The van der Waals surface area contributed by atoms with Gasteiger partial charge in [-0.1, -0.05) is 18.2 Å². The predicted octanol–water partition coefficient (Wildman–Crippen LogP) is 3.83. The van der Waals surface area contributed by atoms with Crippen LogP contribution in [0.5, 0.6) is 11.5 Å². The Morgan fingerprint density at radius 2 is 1.72 bits per heavy atom. The van der Waals surface area contributed by atoms with Crippen LogP contribution in [-0.2, 0) is 17.6 Å². The molecule has 3 rings (SSSR count). The third-order valence-corrected chi connectivity index (χ3v) is 4.68. The largest absolute Gasteiger partial charge is 0.497 e. The molecule has 1 amide bonds. The van der Waals surface area contributed by atoms with Gasteiger partial charge in [-0.3, -0.25) is 4.79 Å². The van der Waals surface area contributed by atoms with Crippen molar-refractivity contribution in [2.75, 3.05) is 13.7 Å². The van der Waals surface area contributed by atoms with Crippen molar-refractivity contribution in [1.29, 1.82) is 0 Å². The molecule has 0 unspecified atom stereocenters. The van der Waals surface area contributed by atoms with E-state index in [9.17, 15) is 4.79 Å². The van der Waals surface area contributed by atoms with Gasteiger partial charge in [-0.25, -0.2) is 0 Å². The van der Waals surface area contributed by atoms with Crippen LogP contribution in [0.4, 0.5) is 0 Å². The molecule has 2 aromatic rings. The Bertz CT molecular complexity index is 724. The molecule has 1 aliphatic rings. The molecule has 0 aliphatic heterocycles. The van der Waals surface area contributed by atoms with Crippen LogP contribution in [0, 0.1) is 0 Å². The molecule has 4 nitrogen and oxygen atoms in total. The summed E-state index contributed by atoms with van der Waals surface area (Å²) in [5.74, 6) is 1.45. The van der Waals surface area contributed by atoms with Crippen LogP contribution < -0.4 is 14.8 Å². The number of hydrogen-bond acceptors (Lipinski definition) is 3. The second-order valence-corrected chi connectivity index (χ2v) is 6.49. The van der Waals surface area contributed by atoms with Crippen molar-refractivity contribution in [3.8, 4) is 11.5 Å². The van der Waals surface area contributed by atoms with Crippen molar-refractivity contribution in [1.82, 2.24) is 5.32 Å². The summed E-state index contributed by atoms with van der Waals surface area (Å²) >= 11 is 0. The number of carbonyl (C=O) groups excluding carboxylic acids is 1. The average Bonchev–Trinajstić information content (AvgIpc) is 2.66. The fourth-order valence-electron chi connectivity index (χ4n) is 3.21. The van der Waals surface area contributed by atoms with Gasteiger partial charge in [0, 0.05) is 0 Å². The third-order valence-electron chi connectivity index (χ3n) is 4.68. The molecule has 25 heavy (non-hydrogen) atoms. The van der Waals surface area contributed by atoms with Crippen LogP contribution in [0.15, 0.2) is 42.5 Å². The van der Waals surface area contributed by atoms with Crippen LogP contribution in [0.3, 0.4) is 0 Å². The fourth-order valence-corrected chi connectivity index (χ4v) is 3.21. The van der Waals surface area contributed by atoms with Gasteiger partial charge in [0.15, 0.2) is 6.61 Å². The van der Waals surface area contributed by atoms with Gasteiger partial charge < -0.3 is 14.8 Å². The van der Waals surface area contributed by atoms with E-state index in [1.807, 2.05) is 37.3 Å². The van der Waals surface area contributed by atoms with Crippen LogP contribution in [0.25, 0.3) is 0 Å². The number of methoxy groups -OCH3 is 1. The number of aryl methyl sites for hydroxylation is 2. The number of benzene rings is 2. The van der Waals surface area contributed by atoms with E-state index in [0.29, 0.717) is 0 Å². The van der Waals surface area contributed by atoms with Crippen molar-refractivity contribution < 1.29 is 14.3 Å². The molecule has 4 heteroatoms. The quantitative estimate of drug-likeness (QED) is 0.870. The van der Waals surface area contributed by atoms with E-state index in [1.165, 1.54) is 24.0 Å². The normalized spacial score (nSPS) is 14.3. The van der Waals surface area contributed by atoms with E-state index in [4.69, 9.17) is 9.47 Å². The Balaban J connectivity index is 1.52. The number of carbonyl (C=O) groups is 1. The molecule has 0 fully saturated rings. The Kier molecular flexibility index (Phi) is 5.59. The van der Waals surface area contributed by atoms with Gasteiger partial charge >= 0.3 is 0 Å². The molecule has 0 saturated heterocycles. The van der Waals surface area contributed by atoms with Crippen molar-refractivity contribution in [3.05, 3.63) is 59.2 Å². The zero-order valence-electron chi connectivity index (χ0n) is 14.9. The standard InChI is InChI=1S/C21H25NO3/c1-15(16-7-10-19(24-2)11-8-16)22-21(23)14-25-20-12-9-17-5-3-4-6-18(17)13-20/h7-13,15H,3-6,14H2,1-2H3,(H,22,23)/t15-/m0/s1. The summed E-state index contributed by atoms with van der Waals surface area (Å²) in [7, 11) is 1.64. The monoisotopic (exact) mass is 339 g/mol. The second-order valence-electron chi connectivity index (χ2n) is 6.49. The number of hydrogen-bond donors (Lipinski definition) is 1. The zero-order chi connectivity index (χ0) is 17.6. The summed E-state index contributed by atoms with van der Waals surface area (Å²) in [5.41, 5.74) is 3.80. The lowest BCUT2D eigenvalue weighted by molar-refractivity contribution is -0.123. The van der Waals surface area contributed by atoms with E-state index in [1.54, 1.807) is 7.11 Å². The van der Waals surface area contributed by atoms with Gasteiger partial charge in [-0.05, 0) is 73.6 Å². The molecule has 0 heterocycles. The van der Waals surface area contributed by atoms with Crippen LogP contribution in [0.1, 0.15) is 42.5 Å². The first kappa shape index (κ1) is 17.3. The Labute approximate surface area is 149 Å². The minimum Gasteiger partial charge on any atom is -0.497 e. The van der Waals surface area contributed by atoms with E-state index < -0.39 is 0 Å². The van der Waals surface area contributed by atoms with Crippen molar-refractivity contribution in [2.45, 2.75) is 38.6 Å². The first-order valence-corrected chi connectivity index (χ1v) is 8.83. The molecule has 0 spiro atoms. The predicted molar refractivity (Wildman–Crippen MR) is 98.1 cm³/mol. The minimum atomic E-state index is -0.124. The van der Waals surface area contributed by atoms with Crippen LogP contribution in [0.2, 0.25) is 0 Å². The number of rotatable bonds is 6. The fraction of sp³-hybridized carbons (Fsp3) is 0.381. The average molecular weight is 339 g/mol. The lowest BCUT2D eigenvalue weighted by Crippen LogP contribution is -2.31. The Hall–Kier alpha value is -2.49. The number of ether oxygens (including phenoxy) is 2. The maximum atomic E-state index is 12.2. The Morgan fingerprint density at radius 3 is 2.44 bits per heavy atom. The molecular formula is C21H25NO3. The molecule has 0 bridgehead atoms. The van der Waals surface area contributed by atoms with Gasteiger partial charge in [0.25, 0.3) is 5.91 Å². The lowest BCUT2D eigenvalue weighted by atomic mass is 9.92. The summed E-state index contributed by atoms with van der Waals surface area (Å²) in [5, 5.41) is 2.96. The van der Waals surface area contributed by atoms with E-state index in [2.05, 4.69) is 17.4 Å². The summed E-state index contributed by atoms with van der Waals surface area (Å²) < 4.78 is 10.8. The lowest BCUT2D eigenvalue weighted by Gasteiger charge is -2.17. The highest BCUT2D eigenvalue weighted by molar-refractivity contribution is 5.78. The maximum absolute atomic E-state index is 12.2. The van der Waals surface area contributed by atoms with E-state index in [0.717, 1.165) is 29.9 Å². The summed E-state index contributed by atoms with van der Waals surface area (Å²) in [6, 6.07) is 13.8. The SMILES string of the molecule is COc1ccc([C@H](C)NC(=O)COc2ccc3c(c2)CCCC3)cc1. The molecular weight excluding hydrogens is 314 g/mol. The number of fused-ring (bicyclic) bond motifs is 1. The zero-order valence-corrected chi connectivity index (χ0v) is 14.9. The van der Waals surface area contributed by atoms with Crippen molar-refractivity contribution >= 4 is 5.91 Å². The smallest absolute Gasteiger partial charge is 0.258 e. The van der Waals surface area contributed by atoms with Crippen LogP contribution >= 0.6 is 0 Å². The van der Waals surface area contributed by atoms with Crippen LogP contribution in [-0.4, -0.2) is 19.6 Å². The highest BCUT2D eigenvalue weighted by atomic mass is 16.5. The molecule has 1 N–H and O–H groups in total. The Morgan fingerprint density at radius 1 is 1.04 bits per heavy atom. The second kappa shape index (κ2) is 8.06. The van der Waals surface area contributed by atoms with Gasteiger partial charge in [-0.15, -0.1) is 0 Å². The molecule has 2 aromatic carbocycles. The first-order chi connectivity index (χ1) is 12.2. The summed E-state index contributed by atoms with van der Waals surface area (Å²) in [4.78, 5) is 12.2. The minimum absolute atomic E-state index is 0.0271. The highest BCUT2D eigenvalue weighted by Gasteiger charge is 2.12. The number of amides is 1. The molecule has 0 aromatic heterocycles. The summed E-state index contributed by atoms with van der Waals surface area (Å²) in [6.45, 7) is 1.98. The van der Waals surface area contributed by atoms with Gasteiger partial charge in [0.1, 0.15) is 11.5 Å². The van der Waals surface area contributed by atoms with Crippen molar-refractivity contribution in [3.63, 3.8) is 0 Å².